The van der Waals surface area contributed by atoms with Crippen molar-refractivity contribution in [3.8, 4) is 0 Å². The second-order valence-electron chi connectivity index (χ2n) is 4.93. The molecule has 0 saturated heterocycles. The van der Waals surface area contributed by atoms with Gasteiger partial charge in [0, 0.05) is 12.2 Å². The molecule has 2 heterocycles. The number of hydrogen-bond donors (Lipinski definition) is 0. The molecule has 0 unspecified atom stereocenters. The van der Waals surface area contributed by atoms with Crippen LogP contribution in [0.4, 0.5) is 4.39 Å². The van der Waals surface area contributed by atoms with Crippen molar-refractivity contribution in [2.75, 3.05) is 7.11 Å². The summed E-state index contributed by atoms with van der Waals surface area (Å²) in [5.74, 6) is -1.37. The lowest BCUT2D eigenvalue weighted by Gasteiger charge is -2.12. The Hall–Kier alpha value is -2.50. The van der Waals surface area contributed by atoms with E-state index in [1.807, 2.05) is 0 Å². The van der Waals surface area contributed by atoms with Gasteiger partial charge in [-0.15, -0.1) is 0 Å². The fourth-order valence-electron chi connectivity index (χ4n) is 2.29. The summed E-state index contributed by atoms with van der Waals surface area (Å²) in [6.45, 7) is 3.51. The Morgan fingerprint density at radius 3 is 2.86 bits per heavy atom. The van der Waals surface area contributed by atoms with Crippen LogP contribution in [0.15, 0.2) is 23.6 Å². The summed E-state index contributed by atoms with van der Waals surface area (Å²) in [6.07, 6.45) is 4.61. The number of halogens is 1. The molecule has 2 aromatic heterocycles. The lowest BCUT2D eigenvalue weighted by atomic mass is 10.1. The minimum Gasteiger partial charge on any atom is -0.465 e. The quantitative estimate of drug-likeness (QED) is 0.813. The predicted molar refractivity (Wildman–Crippen MR) is 75.7 cm³/mol. The van der Waals surface area contributed by atoms with Crippen LogP contribution in [0.5, 0.6) is 0 Å². The molecule has 108 valence electrons. The second-order valence-corrected chi connectivity index (χ2v) is 4.93. The van der Waals surface area contributed by atoms with Crippen molar-refractivity contribution in [2.24, 2.45) is 0 Å². The Balaban J connectivity index is 2.40. The van der Waals surface area contributed by atoms with Gasteiger partial charge in [0.05, 0.1) is 12.5 Å². The summed E-state index contributed by atoms with van der Waals surface area (Å²) in [7, 11) is 1.20. The monoisotopic (exact) mass is 288 g/mol. The van der Waals surface area contributed by atoms with Gasteiger partial charge in [-0.05, 0) is 25.0 Å². The number of ether oxygens (including phenoxy) is 1. The number of methoxy groups -OCH3 is 1. The van der Waals surface area contributed by atoms with Crippen LogP contribution in [0.3, 0.4) is 0 Å². The molecule has 2 aromatic rings. The van der Waals surface area contributed by atoms with Crippen molar-refractivity contribution in [1.29, 1.82) is 0 Å². The van der Waals surface area contributed by atoms with Gasteiger partial charge in [-0.25, -0.2) is 14.2 Å². The molecule has 1 aliphatic rings. The maximum absolute atomic E-state index is 13.9. The van der Waals surface area contributed by atoms with E-state index in [2.05, 4.69) is 16.3 Å². The highest BCUT2D eigenvalue weighted by Gasteiger charge is 2.28. The first-order valence-electron chi connectivity index (χ1n) is 6.53. The molecule has 6 heteroatoms. The summed E-state index contributed by atoms with van der Waals surface area (Å²) in [6, 6.07) is 1.28. The number of hydrogen-bond acceptors (Lipinski definition) is 4. The molecule has 1 fully saturated rings. The van der Waals surface area contributed by atoms with E-state index in [9.17, 15) is 14.0 Å². The van der Waals surface area contributed by atoms with Crippen molar-refractivity contribution >= 4 is 23.1 Å². The average Bonchev–Trinajstić information content (AvgIpc) is 3.31. The predicted octanol–water partition coefficient (Wildman–Crippen LogP) is 2.30. The Bertz CT molecular complexity index is 822. The molecular weight excluding hydrogens is 275 g/mol. The van der Waals surface area contributed by atoms with Gasteiger partial charge in [0.2, 0.25) is 5.43 Å². The summed E-state index contributed by atoms with van der Waals surface area (Å²) < 4.78 is 20.2. The van der Waals surface area contributed by atoms with Crippen LogP contribution in [0, 0.1) is 5.82 Å². The van der Waals surface area contributed by atoms with Gasteiger partial charge in [-0.2, -0.15) is 0 Å². The summed E-state index contributed by atoms with van der Waals surface area (Å²) in [5, 5.41) is 0.0768. The average molecular weight is 288 g/mol. The van der Waals surface area contributed by atoms with Crippen molar-refractivity contribution in [3.05, 3.63) is 46.1 Å². The van der Waals surface area contributed by atoms with E-state index in [4.69, 9.17) is 0 Å². The van der Waals surface area contributed by atoms with Gasteiger partial charge in [-0.3, -0.25) is 4.79 Å². The Morgan fingerprint density at radius 1 is 1.57 bits per heavy atom. The van der Waals surface area contributed by atoms with Crippen LogP contribution in [0.1, 0.15) is 34.9 Å². The molecule has 1 aliphatic carbocycles. The molecule has 0 amide bonds. The van der Waals surface area contributed by atoms with Crippen molar-refractivity contribution in [3.63, 3.8) is 0 Å². The molecule has 3 rings (SSSR count). The van der Waals surface area contributed by atoms with Crippen LogP contribution >= 0.6 is 0 Å². The minimum atomic E-state index is -0.732. The molecule has 1 saturated carbocycles. The van der Waals surface area contributed by atoms with Gasteiger partial charge in [0.25, 0.3) is 0 Å². The van der Waals surface area contributed by atoms with Crippen LogP contribution in [0.2, 0.25) is 0 Å². The van der Waals surface area contributed by atoms with E-state index >= 15 is 0 Å². The van der Waals surface area contributed by atoms with Gasteiger partial charge in [0.1, 0.15) is 22.7 Å². The zero-order chi connectivity index (χ0) is 15.1. The van der Waals surface area contributed by atoms with E-state index in [0.29, 0.717) is 5.65 Å². The summed E-state index contributed by atoms with van der Waals surface area (Å²) in [5.41, 5.74) is -0.228. The standard InChI is InChI=1S/C15H13FN2O3/c1-3-12-11(16)6-9-13(19)10(15(20)21-2)7-18(8-4-5-8)14(9)17-12/h3,6-8H,1,4-5H2,2H3. The van der Waals surface area contributed by atoms with Crippen LogP contribution in [-0.2, 0) is 4.74 Å². The number of esters is 1. The number of carbonyl (C=O) groups is 1. The van der Waals surface area contributed by atoms with E-state index in [1.54, 1.807) is 4.57 Å². The lowest BCUT2D eigenvalue weighted by molar-refractivity contribution is 0.0598. The van der Waals surface area contributed by atoms with E-state index in [-0.39, 0.29) is 22.7 Å². The number of pyridine rings is 2. The third kappa shape index (κ3) is 2.12. The topological polar surface area (TPSA) is 61.2 Å². The van der Waals surface area contributed by atoms with Gasteiger partial charge in [0.15, 0.2) is 0 Å². The molecule has 0 atom stereocenters. The molecule has 0 radical (unpaired) electrons. The lowest BCUT2D eigenvalue weighted by Crippen LogP contribution is -2.21. The van der Waals surface area contributed by atoms with Gasteiger partial charge >= 0.3 is 5.97 Å². The SMILES string of the molecule is C=Cc1nc2c(cc1F)c(=O)c(C(=O)OC)cn2C1CC1. The molecule has 5 nitrogen and oxygen atoms in total. The molecular formula is C15H13FN2O3. The summed E-state index contributed by atoms with van der Waals surface area (Å²) >= 11 is 0. The third-order valence-electron chi connectivity index (χ3n) is 3.52. The minimum absolute atomic E-state index is 0.0768. The first-order valence-corrected chi connectivity index (χ1v) is 6.53. The van der Waals surface area contributed by atoms with E-state index in [1.165, 1.54) is 19.4 Å². The summed E-state index contributed by atoms with van der Waals surface area (Å²) in [4.78, 5) is 28.2. The highest BCUT2D eigenvalue weighted by atomic mass is 19.1. The highest BCUT2D eigenvalue weighted by Crippen LogP contribution is 2.36. The van der Waals surface area contributed by atoms with Gasteiger partial charge in [-0.1, -0.05) is 6.58 Å². The molecule has 0 spiro atoms. The fraction of sp³-hybridized carbons (Fsp3) is 0.267. The second kappa shape index (κ2) is 4.80. The zero-order valence-electron chi connectivity index (χ0n) is 11.4. The fourth-order valence-corrected chi connectivity index (χ4v) is 2.29. The van der Waals surface area contributed by atoms with Crippen molar-refractivity contribution in [1.82, 2.24) is 9.55 Å². The largest absolute Gasteiger partial charge is 0.465 e. The molecule has 0 aliphatic heterocycles. The number of fused-ring (bicyclic) bond motifs is 1. The first-order chi connectivity index (χ1) is 10.1. The first kappa shape index (κ1) is 13.5. The maximum atomic E-state index is 13.9. The molecule has 0 bridgehead atoms. The van der Waals surface area contributed by atoms with E-state index in [0.717, 1.165) is 18.9 Å². The number of aromatic nitrogens is 2. The Morgan fingerprint density at radius 2 is 2.29 bits per heavy atom. The zero-order valence-corrected chi connectivity index (χ0v) is 11.4. The van der Waals surface area contributed by atoms with E-state index < -0.39 is 17.2 Å². The molecule has 0 aromatic carbocycles. The number of nitrogens with zero attached hydrogens (tertiary/aromatic N) is 2. The molecule has 21 heavy (non-hydrogen) atoms. The highest BCUT2D eigenvalue weighted by molar-refractivity contribution is 5.93. The van der Waals surface area contributed by atoms with Crippen molar-refractivity contribution < 1.29 is 13.9 Å². The normalized spacial score (nSPS) is 14.2. The van der Waals surface area contributed by atoms with Crippen LogP contribution < -0.4 is 5.43 Å². The number of carbonyl (C=O) groups excluding carboxylic acids is 1. The Labute approximate surface area is 119 Å². The van der Waals surface area contributed by atoms with Crippen LogP contribution in [-0.4, -0.2) is 22.6 Å². The smallest absolute Gasteiger partial charge is 0.343 e. The van der Waals surface area contributed by atoms with Crippen molar-refractivity contribution in [2.45, 2.75) is 18.9 Å². The maximum Gasteiger partial charge on any atom is 0.343 e. The number of rotatable bonds is 3. The van der Waals surface area contributed by atoms with Crippen LogP contribution in [0.25, 0.3) is 17.1 Å². The molecule has 0 N–H and O–H groups in total. The third-order valence-corrected chi connectivity index (χ3v) is 3.52. The van der Waals surface area contributed by atoms with Gasteiger partial charge < -0.3 is 9.30 Å². The Kier molecular flexibility index (Phi) is 3.08.